The summed E-state index contributed by atoms with van der Waals surface area (Å²) in [6, 6.07) is 10.2. The standard InChI is InChI=1S/C12H11ClINS/c1-8-2-4-10(16-8)7-15-12-5-3-9(13)6-11(12)14/h2-6,15H,7H2,1H3. The normalized spacial score (nSPS) is 10.4. The molecule has 2 aromatic rings. The van der Waals surface area contributed by atoms with Gasteiger partial charge in [0.15, 0.2) is 0 Å². The van der Waals surface area contributed by atoms with E-state index in [1.165, 1.54) is 9.75 Å². The zero-order valence-electron chi connectivity index (χ0n) is 8.76. The van der Waals surface area contributed by atoms with E-state index in [-0.39, 0.29) is 0 Å². The fourth-order valence-corrected chi connectivity index (χ4v) is 3.29. The fraction of sp³-hybridized carbons (Fsp3) is 0.167. The van der Waals surface area contributed by atoms with Crippen LogP contribution in [0.15, 0.2) is 30.3 Å². The Morgan fingerprint density at radius 1 is 1.31 bits per heavy atom. The smallest absolute Gasteiger partial charge is 0.0494 e. The van der Waals surface area contributed by atoms with Crippen LogP contribution in [0, 0.1) is 10.5 Å². The number of halogens is 2. The molecule has 0 aliphatic heterocycles. The summed E-state index contributed by atoms with van der Waals surface area (Å²) < 4.78 is 1.15. The van der Waals surface area contributed by atoms with Crippen molar-refractivity contribution in [3.05, 3.63) is 48.7 Å². The van der Waals surface area contributed by atoms with Crippen molar-refractivity contribution in [2.24, 2.45) is 0 Å². The molecule has 0 saturated carbocycles. The van der Waals surface area contributed by atoms with Gasteiger partial charge < -0.3 is 5.32 Å². The lowest BCUT2D eigenvalue weighted by molar-refractivity contribution is 1.19. The Kier molecular flexibility index (Phi) is 4.10. The van der Waals surface area contributed by atoms with Gasteiger partial charge in [0.05, 0.1) is 0 Å². The van der Waals surface area contributed by atoms with Gasteiger partial charge in [-0.1, -0.05) is 11.6 Å². The molecule has 1 heterocycles. The number of nitrogens with one attached hydrogen (secondary N) is 1. The molecule has 0 atom stereocenters. The van der Waals surface area contributed by atoms with Crippen molar-refractivity contribution in [1.29, 1.82) is 0 Å². The lowest BCUT2D eigenvalue weighted by Gasteiger charge is -2.07. The van der Waals surface area contributed by atoms with Gasteiger partial charge in [-0.2, -0.15) is 0 Å². The highest BCUT2D eigenvalue weighted by atomic mass is 127. The van der Waals surface area contributed by atoms with Crippen molar-refractivity contribution in [2.45, 2.75) is 13.5 Å². The molecule has 0 saturated heterocycles. The number of benzene rings is 1. The summed E-state index contributed by atoms with van der Waals surface area (Å²) in [5.74, 6) is 0. The Balaban J connectivity index is 2.04. The highest BCUT2D eigenvalue weighted by Gasteiger charge is 2.01. The molecule has 84 valence electrons. The Bertz CT molecular complexity index is 496. The Hall–Kier alpha value is -0.260. The quantitative estimate of drug-likeness (QED) is 0.763. The maximum absolute atomic E-state index is 5.91. The minimum absolute atomic E-state index is 0.780. The minimum atomic E-state index is 0.780. The predicted octanol–water partition coefficient (Wildman–Crippen LogP) is 4.93. The first-order valence-corrected chi connectivity index (χ1v) is 7.17. The first-order chi connectivity index (χ1) is 7.65. The zero-order valence-corrected chi connectivity index (χ0v) is 12.5. The number of hydrogen-bond acceptors (Lipinski definition) is 2. The molecule has 0 aliphatic carbocycles. The molecule has 0 bridgehead atoms. The Morgan fingerprint density at radius 3 is 2.75 bits per heavy atom. The molecule has 1 nitrogen and oxygen atoms in total. The van der Waals surface area contributed by atoms with Crippen molar-refractivity contribution in [3.63, 3.8) is 0 Å². The van der Waals surface area contributed by atoms with Gasteiger partial charge in [-0.3, -0.25) is 0 Å². The maximum Gasteiger partial charge on any atom is 0.0494 e. The molecule has 16 heavy (non-hydrogen) atoms. The number of hydrogen-bond donors (Lipinski definition) is 1. The van der Waals surface area contributed by atoms with E-state index in [4.69, 9.17) is 11.6 Å². The summed E-state index contributed by atoms with van der Waals surface area (Å²) >= 11 is 10.0. The molecule has 0 aliphatic rings. The monoisotopic (exact) mass is 363 g/mol. The predicted molar refractivity (Wildman–Crippen MR) is 80.6 cm³/mol. The summed E-state index contributed by atoms with van der Waals surface area (Å²) in [6.45, 7) is 3.00. The SMILES string of the molecule is Cc1ccc(CNc2ccc(Cl)cc2I)s1. The number of thiophene rings is 1. The topological polar surface area (TPSA) is 12.0 Å². The van der Waals surface area contributed by atoms with Crippen LogP contribution in [0.5, 0.6) is 0 Å². The Morgan fingerprint density at radius 2 is 2.12 bits per heavy atom. The van der Waals surface area contributed by atoms with E-state index in [1.54, 1.807) is 0 Å². The van der Waals surface area contributed by atoms with Gasteiger partial charge in [0.25, 0.3) is 0 Å². The zero-order chi connectivity index (χ0) is 11.5. The van der Waals surface area contributed by atoms with Crippen molar-refractivity contribution >= 4 is 51.2 Å². The maximum atomic E-state index is 5.91. The molecule has 0 spiro atoms. The number of anilines is 1. The number of rotatable bonds is 3. The van der Waals surface area contributed by atoms with Gasteiger partial charge in [-0.25, -0.2) is 0 Å². The van der Waals surface area contributed by atoms with Gasteiger partial charge in [0.2, 0.25) is 0 Å². The third kappa shape index (κ3) is 3.12. The van der Waals surface area contributed by atoms with Gasteiger partial charge in [0.1, 0.15) is 0 Å². The van der Waals surface area contributed by atoms with Crippen LogP contribution in [0.1, 0.15) is 9.75 Å². The molecule has 1 N–H and O–H groups in total. The van der Waals surface area contributed by atoms with Gasteiger partial charge in [0, 0.05) is 30.6 Å². The second-order valence-corrected chi connectivity index (χ2v) is 6.46. The summed E-state index contributed by atoms with van der Waals surface area (Å²) in [5.41, 5.74) is 1.14. The average Bonchev–Trinajstić information content (AvgIpc) is 2.63. The summed E-state index contributed by atoms with van der Waals surface area (Å²) in [4.78, 5) is 2.70. The van der Waals surface area contributed by atoms with E-state index in [1.807, 2.05) is 29.5 Å². The molecule has 1 aromatic carbocycles. The lowest BCUT2D eigenvalue weighted by Crippen LogP contribution is -1.98. The van der Waals surface area contributed by atoms with Crippen LogP contribution in [0.4, 0.5) is 5.69 Å². The van der Waals surface area contributed by atoms with Crippen LogP contribution in [-0.4, -0.2) is 0 Å². The molecule has 0 unspecified atom stereocenters. The lowest BCUT2D eigenvalue weighted by atomic mass is 10.3. The summed E-state index contributed by atoms with van der Waals surface area (Å²) in [6.07, 6.45) is 0. The average molecular weight is 364 g/mol. The van der Waals surface area contributed by atoms with Crippen molar-refractivity contribution in [1.82, 2.24) is 0 Å². The molecule has 0 radical (unpaired) electrons. The summed E-state index contributed by atoms with van der Waals surface area (Å²) in [5, 5.41) is 4.19. The molecular formula is C12H11ClINS. The molecule has 1 aromatic heterocycles. The number of aryl methyl sites for hydroxylation is 1. The third-order valence-electron chi connectivity index (χ3n) is 2.18. The first kappa shape index (κ1) is 12.2. The van der Waals surface area contributed by atoms with Crippen LogP contribution >= 0.6 is 45.5 Å². The van der Waals surface area contributed by atoms with Crippen molar-refractivity contribution in [3.8, 4) is 0 Å². The second kappa shape index (κ2) is 5.38. The highest BCUT2D eigenvalue weighted by molar-refractivity contribution is 14.1. The van der Waals surface area contributed by atoms with E-state index in [2.05, 4.69) is 47.0 Å². The van der Waals surface area contributed by atoms with Crippen LogP contribution in [0.2, 0.25) is 5.02 Å². The first-order valence-electron chi connectivity index (χ1n) is 4.89. The van der Waals surface area contributed by atoms with Gasteiger partial charge in [-0.05, 0) is 59.8 Å². The molecule has 2 rings (SSSR count). The second-order valence-electron chi connectivity index (χ2n) is 3.49. The van der Waals surface area contributed by atoms with Crippen LogP contribution in [-0.2, 0) is 6.54 Å². The largest absolute Gasteiger partial charge is 0.379 e. The summed E-state index contributed by atoms with van der Waals surface area (Å²) in [7, 11) is 0. The highest BCUT2D eigenvalue weighted by Crippen LogP contribution is 2.23. The van der Waals surface area contributed by atoms with Gasteiger partial charge >= 0.3 is 0 Å². The Labute approximate surface area is 118 Å². The molecule has 0 fully saturated rings. The molecule has 0 amide bonds. The van der Waals surface area contributed by atoms with Crippen molar-refractivity contribution < 1.29 is 0 Å². The fourth-order valence-electron chi connectivity index (χ4n) is 1.40. The third-order valence-corrected chi connectivity index (χ3v) is 4.31. The van der Waals surface area contributed by atoms with Gasteiger partial charge in [-0.15, -0.1) is 11.3 Å². The van der Waals surface area contributed by atoms with Crippen molar-refractivity contribution in [2.75, 3.05) is 5.32 Å². The molecule has 4 heteroatoms. The van der Waals surface area contributed by atoms with E-state index in [0.29, 0.717) is 0 Å². The van der Waals surface area contributed by atoms with Crippen LogP contribution in [0.3, 0.4) is 0 Å². The van der Waals surface area contributed by atoms with E-state index >= 15 is 0 Å². The minimum Gasteiger partial charge on any atom is -0.379 e. The molecular weight excluding hydrogens is 353 g/mol. The van der Waals surface area contributed by atoms with E-state index in [0.717, 1.165) is 20.8 Å². The van der Waals surface area contributed by atoms with Crippen LogP contribution < -0.4 is 5.32 Å². The van der Waals surface area contributed by atoms with E-state index < -0.39 is 0 Å². The van der Waals surface area contributed by atoms with E-state index in [9.17, 15) is 0 Å². The van der Waals surface area contributed by atoms with Crippen LogP contribution in [0.25, 0.3) is 0 Å².